The molecular formula is C40H36N6O4S2. The molecule has 0 saturated carbocycles. The maximum Gasteiger partial charge on any atom is 0.262 e. The van der Waals surface area contributed by atoms with E-state index < -0.39 is 0 Å². The second-order valence-corrected chi connectivity index (χ2v) is 13.5. The van der Waals surface area contributed by atoms with Crippen molar-refractivity contribution < 1.29 is 9.59 Å². The standard InChI is InChI=1S/C40H36N6O4S2/c1-3-23-43(29-15-7-5-8-16-29)35(47)27-51-39-41-33-21-13-11-19-31(33)37(49)45(39)25-26-46-38(50)32-20-12-14-22-34(32)42-40(46)52-28-36(48)44(24-4-2)30-17-9-6-10-18-30/h3-22H,1-2,23-28H2. The minimum Gasteiger partial charge on any atom is -0.308 e. The van der Waals surface area contributed by atoms with Gasteiger partial charge < -0.3 is 9.80 Å². The van der Waals surface area contributed by atoms with Gasteiger partial charge in [-0.25, -0.2) is 9.97 Å². The highest BCUT2D eigenvalue weighted by molar-refractivity contribution is 8.00. The van der Waals surface area contributed by atoms with E-state index in [9.17, 15) is 19.2 Å². The van der Waals surface area contributed by atoms with Gasteiger partial charge in [0.25, 0.3) is 11.1 Å². The summed E-state index contributed by atoms with van der Waals surface area (Å²) in [7, 11) is 0. The molecule has 0 N–H and O–H groups in total. The van der Waals surface area contributed by atoms with Crippen molar-refractivity contribution in [3.8, 4) is 0 Å². The summed E-state index contributed by atoms with van der Waals surface area (Å²) >= 11 is 2.32. The van der Waals surface area contributed by atoms with Crippen LogP contribution >= 0.6 is 23.5 Å². The van der Waals surface area contributed by atoms with Gasteiger partial charge in [-0.2, -0.15) is 0 Å². The molecule has 52 heavy (non-hydrogen) atoms. The zero-order valence-electron chi connectivity index (χ0n) is 28.3. The van der Waals surface area contributed by atoms with E-state index in [1.807, 2.05) is 60.7 Å². The van der Waals surface area contributed by atoms with Gasteiger partial charge in [0.05, 0.1) is 33.3 Å². The summed E-state index contributed by atoms with van der Waals surface area (Å²) < 4.78 is 3.01. The maximum atomic E-state index is 14.0. The number of nitrogens with zero attached hydrogens (tertiary/aromatic N) is 6. The van der Waals surface area contributed by atoms with Gasteiger partial charge in [-0.05, 0) is 48.5 Å². The molecule has 0 radical (unpaired) electrons. The van der Waals surface area contributed by atoms with Crippen LogP contribution in [0.4, 0.5) is 11.4 Å². The molecule has 0 aliphatic heterocycles. The fraction of sp³-hybridized carbons (Fsp3) is 0.150. The molecule has 0 atom stereocenters. The number of carbonyl (C=O) groups is 2. The minimum atomic E-state index is -0.291. The van der Waals surface area contributed by atoms with Crippen LogP contribution in [-0.2, 0) is 22.7 Å². The van der Waals surface area contributed by atoms with Gasteiger partial charge >= 0.3 is 0 Å². The molecule has 10 nitrogen and oxygen atoms in total. The second kappa shape index (κ2) is 17.0. The van der Waals surface area contributed by atoms with E-state index in [1.165, 1.54) is 9.13 Å². The third-order valence-electron chi connectivity index (χ3n) is 8.21. The van der Waals surface area contributed by atoms with Crippen LogP contribution in [0.3, 0.4) is 0 Å². The van der Waals surface area contributed by atoms with Crippen molar-refractivity contribution in [1.29, 1.82) is 0 Å². The lowest BCUT2D eigenvalue weighted by Crippen LogP contribution is -2.34. The normalized spacial score (nSPS) is 11.0. The van der Waals surface area contributed by atoms with Crippen LogP contribution in [0.25, 0.3) is 21.8 Å². The van der Waals surface area contributed by atoms with Crippen LogP contribution in [0.15, 0.2) is 154 Å². The second-order valence-electron chi connectivity index (χ2n) is 11.6. The number of aromatic nitrogens is 4. The van der Waals surface area contributed by atoms with Gasteiger partial charge in [-0.3, -0.25) is 28.3 Å². The van der Waals surface area contributed by atoms with E-state index in [-0.39, 0.29) is 47.5 Å². The van der Waals surface area contributed by atoms with Crippen LogP contribution in [0.5, 0.6) is 0 Å². The first kappa shape index (κ1) is 36.1. The van der Waals surface area contributed by atoms with Gasteiger partial charge in [-0.1, -0.05) is 96.3 Å². The fourth-order valence-electron chi connectivity index (χ4n) is 5.69. The molecule has 2 aromatic heterocycles. The highest BCUT2D eigenvalue weighted by atomic mass is 32.2. The summed E-state index contributed by atoms with van der Waals surface area (Å²) in [4.78, 5) is 67.8. The van der Waals surface area contributed by atoms with Crippen LogP contribution in [0, 0.1) is 0 Å². The summed E-state index contributed by atoms with van der Waals surface area (Å²) in [6.45, 7) is 8.38. The zero-order chi connectivity index (χ0) is 36.5. The van der Waals surface area contributed by atoms with E-state index in [2.05, 4.69) is 13.2 Å². The number of hydrogen-bond donors (Lipinski definition) is 0. The van der Waals surface area contributed by atoms with Gasteiger partial charge in [-0.15, -0.1) is 13.2 Å². The largest absolute Gasteiger partial charge is 0.308 e. The lowest BCUT2D eigenvalue weighted by atomic mass is 10.2. The average Bonchev–Trinajstić information content (AvgIpc) is 3.18. The molecule has 0 unspecified atom stereocenters. The van der Waals surface area contributed by atoms with E-state index >= 15 is 0 Å². The van der Waals surface area contributed by atoms with Crippen LogP contribution in [0.1, 0.15) is 0 Å². The molecule has 2 heterocycles. The number of para-hydroxylation sites is 4. The van der Waals surface area contributed by atoms with E-state index in [4.69, 9.17) is 9.97 Å². The highest BCUT2D eigenvalue weighted by Gasteiger charge is 2.21. The van der Waals surface area contributed by atoms with Crippen molar-refractivity contribution >= 4 is 68.5 Å². The average molecular weight is 729 g/mol. The van der Waals surface area contributed by atoms with Crippen molar-refractivity contribution in [3.05, 3.63) is 155 Å². The van der Waals surface area contributed by atoms with Gasteiger partial charge in [0.1, 0.15) is 0 Å². The number of rotatable bonds is 15. The Morgan fingerprint density at radius 1 is 0.577 bits per heavy atom. The Hall–Kier alpha value is -5.72. The highest BCUT2D eigenvalue weighted by Crippen LogP contribution is 2.23. The van der Waals surface area contributed by atoms with E-state index in [0.717, 1.165) is 34.9 Å². The Morgan fingerprint density at radius 3 is 1.33 bits per heavy atom. The molecule has 262 valence electrons. The molecule has 0 fully saturated rings. The van der Waals surface area contributed by atoms with Crippen molar-refractivity contribution in [3.63, 3.8) is 0 Å². The summed E-state index contributed by atoms with van der Waals surface area (Å²) in [5.74, 6) is -0.332. The molecule has 12 heteroatoms. The predicted octanol–water partition coefficient (Wildman–Crippen LogP) is 6.43. The lowest BCUT2D eigenvalue weighted by Gasteiger charge is -2.22. The third kappa shape index (κ3) is 8.09. The first-order valence-electron chi connectivity index (χ1n) is 16.6. The smallest absolute Gasteiger partial charge is 0.262 e. The molecule has 0 bridgehead atoms. The van der Waals surface area contributed by atoms with Crippen LogP contribution in [-0.4, -0.2) is 55.5 Å². The van der Waals surface area contributed by atoms with Crippen molar-refractivity contribution in [2.75, 3.05) is 34.4 Å². The molecule has 0 aliphatic rings. The summed E-state index contributed by atoms with van der Waals surface area (Å²) in [6, 6.07) is 32.7. The number of amides is 2. The first-order valence-corrected chi connectivity index (χ1v) is 18.5. The zero-order valence-corrected chi connectivity index (χ0v) is 30.0. The quantitative estimate of drug-likeness (QED) is 0.0677. The van der Waals surface area contributed by atoms with Crippen molar-refractivity contribution in [2.24, 2.45) is 0 Å². The molecule has 6 aromatic rings. The topological polar surface area (TPSA) is 110 Å². The van der Waals surface area contributed by atoms with Crippen LogP contribution < -0.4 is 20.9 Å². The number of hydrogen-bond acceptors (Lipinski definition) is 8. The summed E-state index contributed by atoms with van der Waals surface area (Å²) in [5, 5.41) is 1.53. The maximum absolute atomic E-state index is 14.0. The fourth-order valence-corrected chi connectivity index (χ4v) is 7.50. The Kier molecular flexibility index (Phi) is 11.8. The minimum absolute atomic E-state index is 0.0107. The van der Waals surface area contributed by atoms with Crippen molar-refractivity contribution in [2.45, 2.75) is 23.4 Å². The molecular weight excluding hydrogens is 693 g/mol. The molecule has 0 saturated heterocycles. The van der Waals surface area contributed by atoms with Gasteiger partial charge in [0, 0.05) is 37.6 Å². The monoisotopic (exact) mass is 728 g/mol. The predicted molar refractivity (Wildman–Crippen MR) is 211 cm³/mol. The number of anilines is 2. The Morgan fingerprint density at radius 2 is 0.942 bits per heavy atom. The van der Waals surface area contributed by atoms with E-state index in [1.54, 1.807) is 70.5 Å². The number of carbonyl (C=O) groups excluding carboxylic acids is 2. The Bertz CT molecular complexity index is 2200. The van der Waals surface area contributed by atoms with E-state index in [0.29, 0.717) is 45.2 Å². The Balaban J connectivity index is 1.31. The molecule has 4 aromatic carbocycles. The molecule has 0 spiro atoms. The Labute approximate surface area is 309 Å². The molecule has 6 rings (SSSR count). The number of thioether (sulfide) groups is 2. The first-order chi connectivity index (χ1) is 25.4. The van der Waals surface area contributed by atoms with Crippen LogP contribution in [0.2, 0.25) is 0 Å². The van der Waals surface area contributed by atoms with Gasteiger partial charge in [0.15, 0.2) is 10.3 Å². The van der Waals surface area contributed by atoms with Gasteiger partial charge in [0.2, 0.25) is 11.8 Å². The number of benzene rings is 4. The molecule has 0 aliphatic carbocycles. The summed E-state index contributed by atoms with van der Waals surface area (Å²) in [5.41, 5.74) is 1.90. The molecule has 2 amide bonds. The summed E-state index contributed by atoms with van der Waals surface area (Å²) in [6.07, 6.45) is 3.33. The van der Waals surface area contributed by atoms with Crippen molar-refractivity contribution in [1.82, 2.24) is 19.1 Å². The third-order valence-corrected chi connectivity index (χ3v) is 10.1. The lowest BCUT2D eigenvalue weighted by molar-refractivity contribution is -0.116. The SMILES string of the molecule is C=CCN(C(=O)CSc1nc2ccccc2c(=O)n1CCn1c(SCC(=O)N(CC=C)c2ccccc2)nc2ccccc2c1=O)c1ccccc1. The number of fused-ring (bicyclic) bond motifs is 2.